The van der Waals surface area contributed by atoms with E-state index in [1.165, 1.54) is 11.0 Å². The highest BCUT2D eigenvalue weighted by Gasteiger charge is 2.50. The first-order valence-electron chi connectivity index (χ1n) is 11.7. The third-order valence-electron chi connectivity index (χ3n) is 6.64. The Hall–Kier alpha value is -2.55. The van der Waals surface area contributed by atoms with Crippen LogP contribution in [0.1, 0.15) is 84.8 Å². The van der Waals surface area contributed by atoms with Gasteiger partial charge in [0.2, 0.25) is 0 Å². The summed E-state index contributed by atoms with van der Waals surface area (Å²) >= 11 is 0. The lowest BCUT2D eigenvalue weighted by atomic mass is 9.70. The molecule has 34 heavy (non-hydrogen) atoms. The van der Waals surface area contributed by atoms with E-state index < -0.39 is 27.7 Å². The SMILES string of the molecule is CC(C)c1cccc(C(C)C)c1NC(=O)NS(=O)(=O)C=CC1(C)C(C(C)(C)C)CCN1C(=O)O. The molecule has 1 aliphatic rings. The van der Waals surface area contributed by atoms with Gasteiger partial charge in [-0.3, -0.25) is 4.90 Å². The number of carbonyl (C=O) groups is 2. The first kappa shape index (κ1) is 27.7. The van der Waals surface area contributed by atoms with Crippen molar-refractivity contribution in [2.24, 2.45) is 11.3 Å². The van der Waals surface area contributed by atoms with Crippen molar-refractivity contribution in [2.45, 2.75) is 79.2 Å². The van der Waals surface area contributed by atoms with Gasteiger partial charge in [-0.05, 0) is 53.7 Å². The lowest BCUT2D eigenvalue weighted by Gasteiger charge is -2.41. The van der Waals surface area contributed by atoms with E-state index in [-0.39, 0.29) is 23.2 Å². The molecule has 0 bridgehead atoms. The minimum absolute atomic E-state index is 0.0945. The van der Waals surface area contributed by atoms with E-state index >= 15 is 0 Å². The highest BCUT2D eigenvalue weighted by molar-refractivity contribution is 7.92. The van der Waals surface area contributed by atoms with Crippen molar-refractivity contribution in [1.29, 1.82) is 0 Å². The van der Waals surface area contributed by atoms with E-state index in [1.54, 1.807) is 6.92 Å². The Morgan fingerprint density at radius 2 is 1.68 bits per heavy atom. The monoisotopic (exact) mass is 493 g/mol. The molecule has 1 fully saturated rings. The van der Waals surface area contributed by atoms with Crippen LogP contribution in [-0.4, -0.2) is 42.6 Å². The van der Waals surface area contributed by atoms with Crippen molar-refractivity contribution in [3.63, 3.8) is 0 Å². The third kappa shape index (κ3) is 6.11. The molecule has 1 aromatic rings. The van der Waals surface area contributed by atoms with Gasteiger partial charge in [-0.2, -0.15) is 0 Å². The zero-order valence-electron chi connectivity index (χ0n) is 21.5. The number of rotatable bonds is 6. The Bertz CT molecular complexity index is 1030. The molecule has 0 saturated carbocycles. The minimum Gasteiger partial charge on any atom is -0.465 e. The number of nitrogens with one attached hydrogen (secondary N) is 2. The number of urea groups is 1. The second kappa shape index (κ2) is 9.98. The van der Waals surface area contributed by atoms with Crippen LogP contribution in [0.2, 0.25) is 0 Å². The molecule has 1 saturated heterocycles. The van der Waals surface area contributed by atoms with Crippen LogP contribution in [-0.2, 0) is 10.0 Å². The van der Waals surface area contributed by atoms with Gasteiger partial charge < -0.3 is 10.4 Å². The minimum atomic E-state index is -4.17. The molecule has 0 radical (unpaired) electrons. The summed E-state index contributed by atoms with van der Waals surface area (Å²) in [6, 6.07) is 4.89. The molecular weight excluding hydrogens is 454 g/mol. The van der Waals surface area contributed by atoms with E-state index in [0.29, 0.717) is 18.7 Å². The van der Waals surface area contributed by atoms with Crippen LogP contribution in [0.5, 0.6) is 0 Å². The molecular formula is C25H39N3O5S. The molecule has 2 atom stereocenters. The number of para-hydroxylation sites is 1. The van der Waals surface area contributed by atoms with Crippen LogP contribution >= 0.6 is 0 Å². The zero-order chi connectivity index (χ0) is 26.1. The molecule has 2 rings (SSSR count). The second-order valence-corrected chi connectivity index (χ2v) is 12.5. The average Bonchev–Trinajstić information content (AvgIpc) is 3.04. The summed E-state index contributed by atoms with van der Waals surface area (Å²) in [7, 11) is -4.17. The number of anilines is 1. The van der Waals surface area contributed by atoms with Crippen molar-refractivity contribution in [1.82, 2.24) is 9.62 Å². The summed E-state index contributed by atoms with van der Waals surface area (Å²) in [4.78, 5) is 25.8. The van der Waals surface area contributed by atoms with Gasteiger partial charge in [0.25, 0.3) is 10.0 Å². The fourth-order valence-electron chi connectivity index (χ4n) is 5.02. The molecule has 3 amide bonds. The fraction of sp³-hybridized carbons (Fsp3) is 0.600. The number of carbonyl (C=O) groups excluding carboxylic acids is 1. The van der Waals surface area contributed by atoms with Crippen LogP contribution < -0.4 is 10.0 Å². The lowest BCUT2D eigenvalue weighted by molar-refractivity contribution is 0.0893. The van der Waals surface area contributed by atoms with E-state index in [2.05, 4.69) is 5.32 Å². The van der Waals surface area contributed by atoms with Crippen molar-refractivity contribution in [3.05, 3.63) is 40.8 Å². The Morgan fingerprint density at radius 1 is 1.15 bits per heavy atom. The molecule has 8 nitrogen and oxygen atoms in total. The largest absolute Gasteiger partial charge is 0.465 e. The predicted molar refractivity (Wildman–Crippen MR) is 136 cm³/mol. The third-order valence-corrected chi connectivity index (χ3v) is 7.60. The molecule has 1 aliphatic heterocycles. The van der Waals surface area contributed by atoms with E-state index in [4.69, 9.17) is 0 Å². The number of sulfonamides is 1. The Morgan fingerprint density at radius 3 is 2.12 bits per heavy atom. The summed E-state index contributed by atoms with van der Waals surface area (Å²) < 4.78 is 27.6. The molecule has 1 aromatic carbocycles. The molecule has 2 unspecified atom stereocenters. The van der Waals surface area contributed by atoms with Gasteiger partial charge in [-0.25, -0.2) is 22.7 Å². The highest BCUT2D eigenvalue weighted by atomic mass is 32.2. The fourth-order valence-corrected chi connectivity index (χ4v) is 5.85. The van der Waals surface area contributed by atoms with Gasteiger partial charge in [-0.1, -0.05) is 66.7 Å². The van der Waals surface area contributed by atoms with Crippen LogP contribution in [0, 0.1) is 11.3 Å². The summed E-state index contributed by atoms with van der Waals surface area (Å²) in [5.41, 5.74) is 1.17. The number of likely N-dealkylation sites (tertiary alicyclic amines) is 1. The number of amides is 3. The standard InChI is InChI=1S/C25H39N3O5S/c1-16(2)18-10-9-11-19(17(3)4)21(18)26-22(29)27-34(32,33)15-13-25(8)20(24(5,6)7)12-14-28(25)23(30)31/h9-11,13,15-17,20H,12,14H2,1-8H3,(H,30,31)(H2,26,27,29). The van der Waals surface area contributed by atoms with Crippen LogP contribution in [0.15, 0.2) is 29.7 Å². The number of hydrogen-bond donors (Lipinski definition) is 3. The van der Waals surface area contributed by atoms with E-state index in [9.17, 15) is 23.1 Å². The number of benzene rings is 1. The van der Waals surface area contributed by atoms with Crippen molar-refractivity contribution in [2.75, 3.05) is 11.9 Å². The first-order valence-corrected chi connectivity index (χ1v) is 13.2. The molecule has 3 N–H and O–H groups in total. The normalized spacial score (nSPS) is 21.5. The predicted octanol–water partition coefficient (Wildman–Crippen LogP) is 5.70. The summed E-state index contributed by atoms with van der Waals surface area (Å²) in [5, 5.41) is 13.3. The molecule has 0 aromatic heterocycles. The Labute approximate surface area is 203 Å². The maximum absolute atomic E-state index is 12.8. The van der Waals surface area contributed by atoms with Crippen molar-refractivity contribution < 1.29 is 23.1 Å². The van der Waals surface area contributed by atoms with Crippen LogP contribution in [0.4, 0.5) is 15.3 Å². The van der Waals surface area contributed by atoms with Gasteiger partial charge in [0, 0.05) is 17.6 Å². The summed E-state index contributed by atoms with van der Waals surface area (Å²) in [6.07, 6.45) is 0.907. The van der Waals surface area contributed by atoms with Gasteiger partial charge >= 0.3 is 12.1 Å². The maximum atomic E-state index is 12.8. The Balaban J connectivity index is 2.30. The number of carboxylic acid groups (broad SMARTS) is 1. The van der Waals surface area contributed by atoms with Gasteiger partial charge in [0.05, 0.1) is 5.54 Å². The molecule has 0 aliphatic carbocycles. The molecule has 1 heterocycles. The van der Waals surface area contributed by atoms with Crippen molar-refractivity contribution >= 4 is 27.8 Å². The summed E-state index contributed by atoms with van der Waals surface area (Å²) in [6.45, 7) is 16.1. The quantitative estimate of drug-likeness (QED) is 0.470. The average molecular weight is 494 g/mol. The van der Waals surface area contributed by atoms with Crippen LogP contribution in [0.3, 0.4) is 0 Å². The lowest BCUT2D eigenvalue weighted by Crippen LogP contribution is -2.49. The van der Waals surface area contributed by atoms with E-state index in [0.717, 1.165) is 16.5 Å². The second-order valence-electron chi connectivity index (χ2n) is 10.9. The van der Waals surface area contributed by atoms with E-state index in [1.807, 2.05) is 71.4 Å². The van der Waals surface area contributed by atoms with Crippen LogP contribution in [0.25, 0.3) is 0 Å². The zero-order valence-corrected chi connectivity index (χ0v) is 22.3. The number of nitrogens with zero attached hydrogens (tertiary/aromatic N) is 1. The number of hydrogen-bond acceptors (Lipinski definition) is 4. The molecule has 0 spiro atoms. The topological polar surface area (TPSA) is 116 Å². The molecule has 9 heteroatoms. The van der Waals surface area contributed by atoms with Gasteiger partial charge in [0.1, 0.15) is 0 Å². The van der Waals surface area contributed by atoms with Gasteiger partial charge in [-0.15, -0.1) is 0 Å². The maximum Gasteiger partial charge on any atom is 0.408 e. The summed E-state index contributed by atoms with van der Waals surface area (Å²) in [5.74, 6) is 0.163. The smallest absolute Gasteiger partial charge is 0.408 e. The molecule has 190 valence electrons. The van der Waals surface area contributed by atoms with Gasteiger partial charge in [0.15, 0.2) is 0 Å². The Kier molecular flexibility index (Phi) is 8.13. The first-order chi connectivity index (χ1) is 15.5. The van der Waals surface area contributed by atoms with Crippen molar-refractivity contribution in [3.8, 4) is 0 Å². The highest BCUT2D eigenvalue weighted by Crippen LogP contribution is 2.46.